The molecular formula is C15H18N2O2S. The third-order valence-electron chi connectivity index (χ3n) is 2.86. The van der Waals surface area contributed by atoms with Crippen molar-refractivity contribution in [3.63, 3.8) is 0 Å². The lowest BCUT2D eigenvalue weighted by molar-refractivity contribution is 0.199. The number of benzene rings is 1. The molecule has 5 heteroatoms. The van der Waals surface area contributed by atoms with Crippen molar-refractivity contribution in [3.8, 4) is 0 Å². The average Bonchev–Trinajstić information content (AvgIpc) is 2.39. The molecule has 20 heavy (non-hydrogen) atoms. The quantitative estimate of drug-likeness (QED) is 0.831. The standard InChI is InChI=1S/C15H18N2O2S/c1-3-4-12-9-14(19)17-15(16-12)20-13-7-5-11(6-8-13)10(2)18/h5-10,18H,3-4H2,1-2H3,(H,16,17,19)/t10-/m1/s1. The number of nitrogens with one attached hydrogen (secondary N) is 1. The first kappa shape index (κ1) is 14.8. The average molecular weight is 290 g/mol. The Labute approximate surface area is 122 Å². The van der Waals surface area contributed by atoms with E-state index in [0.29, 0.717) is 5.16 Å². The number of nitrogens with zero attached hydrogens (tertiary/aromatic N) is 1. The second-order valence-electron chi connectivity index (χ2n) is 4.64. The van der Waals surface area contributed by atoms with E-state index in [4.69, 9.17) is 0 Å². The molecule has 0 aliphatic carbocycles. The molecule has 0 aliphatic heterocycles. The summed E-state index contributed by atoms with van der Waals surface area (Å²) in [5.74, 6) is 0. The van der Waals surface area contributed by atoms with Crippen LogP contribution >= 0.6 is 11.8 Å². The fourth-order valence-corrected chi connectivity index (χ4v) is 2.65. The lowest BCUT2D eigenvalue weighted by atomic mass is 10.1. The van der Waals surface area contributed by atoms with E-state index in [1.54, 1.807) is 13.0 Å². The van der Waals surface area contributed by atoms with Crippen molar-refractivity contribution < 1.29 is 5.11 Å². The van der Waals surface area contributed by atoms with E-state index in [0.717, 1.165) is 29.0 Å². The summed E-state index contributed by atoms with van der Waals surface area (Å²) < 4.78 is 0. The van der Waals surface area contributed by atoms with Gasteiger partial charge in [-0.3, -0.25) is 4.79 Å². The van der Waals surface area contributed by atoms with Crippen LogP contribution in [0.4, 0.5) is 0 Å². The summed E-state index contributed by atoms with van der Waals surface area (Å²) in [4.78, 5) is 19.7. The maximum absolute atomic E-state index is 11.6. The number of aryl methyl sites for hydroxylation is 1. The normalized spacial score (nSPS) is 12.3. The first-order chi connectivity index (χ1) is 9.58. The third kappa shape index (κ3) is 3.95. The fraction of sp³-hybridized carbons (Fsp3) is 0.333. The number of aliphatic hydroxyl groups excluding tert-OH is 1. The SMILES string of the molecule is CCCc1cc(=O)[nH]c(Sc2ccc([C@@H](C)O)cc2)n1. The van der Waals surface area contributed by atoms with Gasteiger partial charge in [-0.2, -0.15) is 0 Å². The Bertz CT molecular complexity index is 621. The van der Waals surface area contributed by atoms with Crippen molar-refractivity contribution in [3.05, 3.63) is 51.9 Å². The molecule has 0 saturated heterocycles. The monoisotopic (exact) mass is 290 g/mol. The summed E-state index contributed by atoms with van der Waals surface area (Å²) in [6, 6.07) is 9.13. The molecule has 106 valence electrons. The van der Waals surface area contributed by atoms with Crippen LogP contribution in [-0.2, 0) is 6.42 Å². The van der Waals surface area contributed by atoms with Crippen LogP contribution in [-0.4, -0.2) is 15.1 Å². The molecule has 0 amide bonds. The van der Waals surface area contributed by atoms with Crippen LogP contribution in [0.2, 0.25) is 0 Å². The van der Waals surface area contributed by atoms with Crippen LogP contribution in [0.3, 0.4) is 0 Å². The van der Waals surface area contributed by atoms with Gasteiger partial charge in [-0.15, -0.1) is 0 Å². The largest absolute Gasteiger partial charge is 0.389 e. The summed E-state index contributed by atoms with van der Waals surface area (Å²) in [5.41, 5.74) is 1.57. The van der Waals surface area contributed by atoms with Gasteiger partial charge in [-0.25, -0.2) is 4.98 Å². The molecule has 4 nitrogen and oxygen atoms in total. The number of hydrogen-bond donors (Lipinski definition) is 2. The van der Waals surface area contributed by atoms with Gasteiger partial charge in [0.15, 0.2) is 5.16 Å². The zero-order valence-electron chi connectivity index (χ0n) is 11.6. The number of hydrogen-bond acceptors (Lipinski definition) is 4. The van der Waals surface area contributed by atoms with Crippen LogP contribution < -0.4 is 5.56 Å². The van der Waals surface area contributed by atoms with E-state index in [1.807, 2.05) is 24.3 Å². The molecule has 0 spiro atoms. The molecule has 0 unspecified atom stereocenters. The Hall–Kier alpha value is -1.59. The molecule has 0 saturated carbocycles. The van der Waals surface area contributed by atoms with Gasteiger partial charge in [0.05, 0.1) is 6.10 Å². The number of rotatable bonds is 5. The smallest absolute Gasteiger partial charge is 0.251 e. The Morgan fingerprint density at radius 2 is 2.05 bits per heavy atom. The first-order valence-corrected chi connectivity index (χ1v) is 7.46. The molecular weight excluding hydrogens is 272 g/mol. The predicted molar refractivity (Wildman–Crippen MR) is 80.1 cm³/mol. The van der Waals surface area contributed by atoms with Crippen molar-refractivity contribution in [1.29, 1.82) is 0 Å². The molecule has 0 aliphatic rings. The highest BCUT2D eigenvalue weighted by Gasteiger charge is 2.05. The molecule has 2 N–H and O–H groups in total. The molecule has 1 aromatic carbocycles. The van der Waals surface area contributed by atoms with Crippen molar-refractivity contribution in [2.75, 3.05) is 0 Å². The molecule has 0 fully saturated rings. The maximum Gasteiger partial charge on any atom is 0.251 e. The lowest BCUT2D eigenvalue weighted by Gasteiger charge is -2.06. The Kier molecular flexibility index (Phi) is 4.98. The molecule has 2 rings (SSSR count). The van der Waals surface area contributed by atoms with Gasteiger partial charge >= 0.3 is 0 Å². The van der Waals surface area contributed by atoms with Crippen molar-refractivity contribution in [2.45, 2.75) is 42.8 Å². The van der Waals surface area contributed by atoms with Crippen LogP contribution in [0.5, 0.6) is 0 Å². The summed E-state index contributed by atoms with van der Waals surface area (Å²) in [7, 11) is 0. The Morgan fingerprint density at radius 3 is 2.65 bits per heavy atom. The van der Waals surface area contributed by atoms with E-state index in [9.17, 15) is 9.90 Å². The molecule has 0 bridgehead atoms. The number of aliphatic hydroxyl groups is 1. The minimum atomic E-state index is -0.472. The highest BCUT2D eigenvalue weighted by Crippen LogP contribution is 2.25. The van der Waals surface area contributed by atoms with E-state index >= 15 is 0 Å². The van der Waals surface area contributed by atoms with Gasteiger partial charge in [-0.1, -0.05) is 37.2 Å². The lowest BCUT2D eigenvalue weighted by Crippen LogP contribution is -2.09. The summed E-state index contributed by atoms with van der Waals surface area (Å²) in [5, 5.41) is 10.1. The fourth-order valence-electron chi connectivity index (χ4n) is 1.84. The van der Waals surface area contributed by atoms with Gasteiger partial charge in [0, 0.05) is 16.7 Å². The second kappa shape index (κ2) is 6.72. The summed E-state index contributed by atoms with van der Waals surface area (Å²) in [6.45, 7) is 3.79. The Morgan fingerprint density at radius 1 is 1.35 bits per heavy atom. The van der Waals surface area contributed by atoms with Gasteiger partial charge in [-0.05, 0) is 31.0 Å². The molecule has 1 aromatic heterocycles. The van der Waals surface area contributed by atoms with E-state index in [2.05, 4.69) is 16.9 Å². The maximum atomic E-state index is 11.6. The topological polar surface area (TPSA) is 66.0 Å². The zero-order valence-corrected chi connectivity index (χ0v) is 12.4. The molecule has 1 atom stereocenters. The second-order valence-corrected chi connectivity index (χ2v) is 5.70. The summed E-state index contributed by atoms with van der Waals surface area (Å²) in [6.07, 6.45) is 1.29. The van der Waals surface area contributed by atoms with Crippen molar-refractivity contribution >= 4 is 11.8 Å². The zero-order chi connectivity index (χ0) is 14.5. The highest BCUT2D eigenvalue weighted by molar-refractivity contribution is 7.99. The van der Waals surface area contributed by atoms with E-state index < -0.39 is 6.10 Å². The van der Waals surface area contributed by atoms with Crippen LogP contribution in [0.25, 0.3) is 0 Å². The Balaban J connectivity index is 2.18. The number of H-pyrrole nitrogens is 1. The molecule has 1 heterocycles. The van der Waals surface area contributed by atoms with E-state index in [-0.39, 0.29) is 5.56 Å². The van der Waals surface area contributed by atoms with Crippen LogP contribution in [0.1, 0.15) is 37.6 Å². The van der Waals surface area contributed by atoms with E-state index in [1.165, 1.54) is 11.8 Å². The number of aromatic nitrogens is 2. The molecule has 2 aromatic rings. The molecule has 0 radical (unpaired) electrons. The summed E-state index contributed by atoms with van der Waals surface area (Å²) >= 11 is 1.41. The first-order valence-electron chi connectivity index (χ1n) is 6.64. The van der Waals surface area contributed by atoms with Crippen molar-refractivity contribution in [1.82, 2.24) is 9.97 Å². The highest BCUT2D eigenvalue weighted by atomic mass is 32.2. The third-order valence-corrected chi connectivity index (χ3v) is 3.75. The minimum absolute atomic E-state index is 0.119. The minimum Gasteiger partial charge on any atom is -0.389 e. The van der Waals surface area contributed by atoms with Crippen molar-refractivity contribution in [2.24, 2.45) is 0 Å². The van der Waals surface area contributed by atoms with Crippen LogP contribution in [0, 0.1) is 0 Å². The number of aromatic amines is 1. The van der Waals surface area contributed by atoms with Gasteiger partial charge in [0.1, 0.15) is 0 Å². The predicted octanol–water partition coefficient (Wildman–Crippen LogP) is 2.93. The van der Waals surface area contributed by atoms with Gasteiger partial charge in [0.25, 0.3) is 5.56 Å². The van der Waals surface area contributed by atoms with Gasteiger partial charge in [0.2, 0.25) is 0 Å². The van der Waals surface area contributed by atoms with Crippen LogP contribution in [0.15, 0.2) is 45.2 Å². The van der Waals surface area contributed by atoms with Gasteiger partial charge < -0.3 is 10.1 Å².